The average Bonchev–Trinajstić information content (AvgIpc) is 2.69. The van der Waals surface area contributed by atoms with Crippen molar-refractivity contribution in [1.82, 2.24) is 5.32 Å². The third kappa shape index (κ3) is 5.19. The lowest BCUT2D eigenvalue weighted by molar-refractivity contribution is -0.129. The molecule has 1 N–H and O–H groups in total. The normalized spacial score (nSPS) is 17.8. The lowest BCUT2D eigenvalue weighted by Crippen LogP contribution is -2.50. The number of amides is 1. The Balaban J connectivity index is 0.00000280. The highest BCUT2D eigenvalue weighted by Gasteiger charge is 2.28. The molecular weight excluding hydrogens is 390 g/mol. The van der Waals surface area contributed by atoms with E-state index in [-0.39, 0.29) is 43.6 Å². The maximum atomic E-state index is 13.5. The molecular formula is C20H23ClF2N2O3. The number of methoxy groups -OCH3 is 1. The van der Waals surface area contributed by atoms with Gasteiger partial charge in [0.1, 0.15) is 12.4 Å². The van der Waals surface area contributed by atoms with Gasteiger partial charge in [-0.05, 0) is 36.8 Å². The predicted molar refractivity (Wildman–Crippen MR) is 105 cm³/mol. The lowest BCUT2D eigenvalue weighted by atomic mass is 10.1. The SMILES string of the molecule is COc1cccc([C@@H](C)NCC2CN(c3ccc(F)c(F)c3)C(=O)CO2)c1.Cl. The van der Waals surface area contributed by atoms with Crippen LogP contribution in [0.4, 0.5) is 14.5 Å². The van der Waals surface area contributed by atoms with Crippen LogP contribution in [0.5, 0.6) is 5.75 Å². The van der Waals surface area contributed by atoms with Crippen molar-refractivity contribution >= 4 is 24.0 Å². The highest BCUT2D eigenvalue weighted by Crippen LogP contribution is 2.22. The first-order valence-electron chi connectivity index (χ1n) is 8.72. The molecule has 0 aliphatic carbocycles. The maximum Gasteiger partial charge on any atom is 0.253 e. The van der Waals surface area contributed by atoms with E-state index in [1.165, 1.54) is 11.0 Å². The van der Waals surface area contributed by atoms with Crippen molar-refractivity contribution in [2.75, 3.05) is 31.7 Å². The summed E-state index contributed by atoms with van der Waals surface area (Å²) in [4.78, 5) is 13.5. The minimum Gasteiger partial charge on any atom is -0.497 e. The molecule has 2 atom stereocenters. The van der Waals surface area contributed by atoms with Crippen LogP contribution in [-0.2, 0) is 9.53 Å². The van der Waals surface area contributed by atoms with Crippen molar-refractivity contribution < 1.29 is 23.0 Å². The van der Waals surface area contributed by atoms with Gasteiger partial charge >= 0.3 is 0 Å². The number of nitrogens with zero attached hydrogens (tertiary/aromatic N) is 1. The van der Waals surface area contributed by atoms with E-state index in [1.54, 1.807) is 7.11 Å². The van der Waals surface area contributed by atoms with E-state index in [9.17, 15) is 13.6 Å². The van der Waals surface area contributed by atoms with E-state index in [1.807, 2.05) is 31.2 Å². The van der Waals surface area contributed by atoms with E-state index in [0.717, 1.165) is 23.4 Å². The first kappa shape index (κ1) is 22.1. The number of ether oxygens (including phenoxy) is 2. The molecule has 1 unspecified atom stereocenters. The standard InChI is InChI=1S/C20H22F2N2O3.ClH/c1-13(14-4-3-5-16(8-14)26-2)23-10-17-11-24(20(25)12-27-17)15-6-7-18(21)19(22)9-15;/h3-9,13,17,23H,10-12H2,1-2H3;1H/t13-,17?;/m1./s1. The van der Waals surface area contributed by atoms with Gasteiger partial charge < -0.3 is 19.7 Å². The number of hydrogen-bond acceptors (Lipinski definition) is 4. The van der Waals surface area contributed by atoms with Crippen LogP contribution in [0.15, 0.2) is 42.5 Å². The molecule has 0 spiro atoms. The van der Waals surface area contributed by atoms with Gasteiger partial charge in [-0.1, -0.05) is 12.1 Å². The Labute approximate surface area is 169 Å². The quantitative estimate of drug-likeness (QED) is 0.789. The number of carbonyl (C=O) groups is 1. The lowest BCUT2D eigenvalue weighted by Gasteiger charge is -2.33. The van der Waals surface area contributed by atoms with Gasteiger partial charge in [-0.25, -0.2) is 8.78 Å². The Morgan fingerprint density at radius 1 is 1.25 bits per heavy atom. The second-order valence-electron chi connectivity index (χ2n) is 6.44. The number of morpholine rings is 1. The summed E-state index contributed by atoms with van der Waals surface area (Å²) >= 11 is 0. The summed E-state index contributed by atoms with van der Waals surface area (Å²) in [6.07, 6.45) is -0.260. The van der Waals surface area contributed by atoms with E-state index in [4.69, 9.17) is 9.47 Å². The van der Waals surface area contributed by atoms with Crippen LogP contribution in [0.2, 0.25) is 0 Å². The second-order valence-corrected chi connectivity index (χ2v) is 6.44. The van der Waals surface area contributed by atoms with Crippen LogP contribution < -0.4 is 15.0 Å². The van der Waals surface area contributed by atoms with Crippen LogP contribution in [0.3, 0.4) is 0 Å². The van der Waals surface area contributed by atoms with Gasteiger partial charge in [0.05, 0.1) is 19.8 Å². The summed E-state index contributed by atoms with van der Waals surface area (Å²) in [7, 11) is 1.62. The summed E-state index contributed by atoms with van der Waals surface area (Å²) < 4.78 is 37.5. The number of benzene rings is 2. The van der Waals surface area contributed by atoms with Crippen LogP contribution in [0, 0.1) is 11.6 Å². The highest BCUT2D eigenvalue weighted by molar-refractivity contribution is 5.95. The zero-order chi connectivity index (χ0) is 19.4. The van der Waals surface area contributed by atoms with Gasteiger partial charge in [0.2, 0.25) is 0 Å². The molecule has 5 nitrogen and oxygen atoms in total. The molecule has 1 aliphatic rings. The molecule has 0 saturated carbocycles. The van der Waals surface area contributed by atoms with Gasteiger partial charge in [-0.2, -0.15) is 0 Å². The van der Waals surface area contributed by atoms with E-state index in [0.29, 0.717) is 12.2 Å². The minimum atomic E-state index is -0.979. The fraction of sp³-hybridized carbons (Fsp3) is 0.350. The van der Waals surface area contributed by atoms with Crippen molar-refractivity contribution in [2.24, 2.45) is 0 Å². The van der Waals surface area contributed by atoms with E-state index >= 15 is 0 Å². The zero-order valence-electron chi connectivity index (χ0n) is 15.7. The fourth-order valence-electron chi connectivity index (χ4n) is 2.99. The van der Waals surface area contributed by atoms with Gasteiger partial charge in [-0.15, -0.1) is 12.4 Å². The highest BCUT2D eigenvalue weighted by atomic mass is 35.5. The molecule has 2 aromatic carbocycles. The molecule has 0 aromatic heterocycles. The first-order valence-corrected chi connectivity index (χ1v) is 8.72. The number of carbonyl (C=O) groups excluding carboxylic acids is 1. The third-order valence-electron chi connectivity index (χ3n) is 4.59. The molecule has 1 aliphatic heterocycles. The molecule has 3 rings (SSSR count). The third-order valence-corrected chi connectivity index (χ3v) is 4.59. The smallest absolute Gasteiger partial charge is 0.253 e. The van der Waals surface area contributed by atoms with Crippen molar-refractivity contribution in [2.45, 2.75) is 19.1 Å². The summed E-state index contributed by atoms with van der Waals surface area (Å²) in [6, 6.07) is 11.3. The van der Waals surface area contributed by atoms with Gasteiger partial charge in [0, 0.05) is 24.3 Å². The second kappa shape index (κ2) is 9.82. The van der Waals surface area contributed by atoms with Crippen molar-refractivity contribution in [3.8, 4) is 5.75 Å². The predicted octanol–water partition coefficient (Wildman–Crippen LogP) is 3.48. The molecule has 1 saturated heterocycles. The molecule has 0 bridgehead atoms. The van der Waals surface area contributed by atoms with Crippen LogP contribution in [-0.4, -0.2) is 38.8 Å². The van der Waals surface area contributed by atoms with Crippen LogP contribution in [0.1, 0.15) is 18.5 Å². The first-order chi connectivity index (χ1) is 13.0. The topological polar surface area (TPSA) is 50.8 Å². The average molecular weight is 413 g/mol. The van der Waals surface area contributed by atoms with E-state index < -0.39 is 11.6 Å². The van der Waals surface area contributed by atoms with Crippen molar-refractivity contribution in [1.29, 1.82) is 0 Å². The van der Waals surface area contributed by atoms with E-state index in [2.05, 4.69) is 5.32 Å². The number of halogens is 3. The number of anilines is 1. The van der Waals surface area contributed by atoms with Crippen molar-refractivity contribution in [3.63, 3.8) is 0 Å². The molecule has 2 aromatic rings. The van der Waals surface area contributed by atoms with Gasteiger partial charge in [0.15, 0.2) is 11.6 Å². The molecule has 1 fully saturated rings. The van der Waals surface area contributed by atoms with Gasteiger partial charge in [-0.3, -0.25) is 4.79 Å². The minimum absolute atomic E-state index is 0. The fourth-order valence-corrected chi connectivity index (χ4v) is 2.99. The number of rotatable bonds is 6. The van der Waals surface area contributed by atoms with Crippen LogP contribution >= 0.6 is 12.4 Å². The molecule has 28 heavy (non-hydrogen) atoms. The number of nitrogens with one attached hydrogen (secondary N) is 1. The molecule has 0 radical (unpaired) electrons. The van der Waals surface area contributed by atoms with Crippen LogP contribution in [0.25, 0.3) is 0 Å². The monoisotopic (exact) mass is 412 g/mol. The Morgan fingerprint density at radius 2 is 2.04 bits per heavy atom. The van der Waals surface area contributed by atoms with Crippen molar-refractivity contribution in [3.05, 3.63) is 59.7 Å². The summed E-state index contributed by atoms with van der Waals surface area (Å²) in [5, 5.41) is 3.37. The largest absolute Gasteiger partial charge is 0.497 e. The maximum absolute atomic E-state index is 13.5. The molecule has 8 heteroatoms. The molecule has 1 heterocycles. The molecule has 1 amide bonds. The Kier molecular flexibility index (Phi) is 7.74. The molecule has 152 valence electrons. The van der Waals surface area contributed by atoms with Gasteiger partial charge in [0.25, 0.3) is 5.91 Å². The Morgan fingerprint density at radius 3 is 2.75 bits per heavy atom. The summed E-state index contributed by atoms with van der Waals surface area (Å²) in [5.41, 5.74) is 1.40. The Bertz CT molecular complexity index is 822. The zero-order valence-corrected chi connectivity index (χ0v) is 16.5. The summed E-state index contributed by atoms with van der Waals surface area (Å²) in [5.74, 6) is -1.42. The summed E-state index contributed by atoms with van der Waals surface area (Å²) in [6.45, 7) is 2.70. The Hall–Kier alpha value is -2.22. The number of hydrogen-bond donors (Lipinski definition) is 1.